The maximum Gasteiger partial charge on any atom is 0.307 e. The lowest BCUT2D eigenvalue weighted by Gasteiger charge is -2.43. The highest BCUT2D eigenvalue weighted by Crippen LogP contribution is 2.46. The first kappa shape index (κ1) is 26.2. The Morgan fingerprint density at radius 2 is 1.69 bits per heavy atom. The second-order valence-corrected chi connectivity index (χ2v) is 10.7. The molecule has 0 bridgehead atoms. The Balaban J connectivity index is 2.11. The predicted octanol–water partition coefficient (Wildman–Crippen LogP) is 3.50. The fourth-order valence-electron chi connectivity index (χ4n) is 4.20. The van der Waals surface area contributed by atoms with Gasteiger partial charge in [0.25, 0.3) is 5.91 Å². The Labute approximate surface area is 203 Å². The maximum absolute atomic E-state index is 14.0. The van der Waals surface area contributed by atoms with Gasteiger partial charge >= 0.3 is 5.97 Å². The molecule has 0 saturated heterocycles. The van der Waals surface area contributed by atoms with Crippen LogP contribution in [0.4, 0.5) is 4.39 Å². The minimum atomic E-state index is -4.27. The van der Waals surface area contributed by atoms with Crippen LogP contribution in [-0.4, -0.2) is 49.1 Å². The molecule has 2 unspecified atom stereocenters. The minimum absolute atomic E-state index is 0.0462. The van der Waals surface area contributed by atoms with E-state index in [1.165, 1.54) is 56.5 Å². The molecular weight excluding hydrogens is 475 g/mol. The number of carbonyl (C=O) groups excluding carboxylic acids is 2. The predicted molar refractivity (Wildman–Crippen MR) is 128 cm³/mol. The number of hydrogen-bond acceptors (Lipinski definition) is 7. The van der Waals surface area contributed by atoms with E-state index in [4.69, 9.17) is 4.74 Å². The van der Waals surface area contributed by atoms with Crippen molar-refractivity contribution in [2.24, 2.45) is 10.4 Å². The molecule has 2 atom stereocenters. The van der Waals surface area contributed by atoms with Crippen molar-refractivity contribution in [2.45, 2.75) is 42.9 Å². The highest BCUT2D eigenvalue weighted by Gasteiger charge is 2.59. The van der Waals surface area contributed by atoms with Gasteiger partial charge in [-0.1, -0.05) is 30.3 Å². The SMILES string of the molecule is CCOC(=O)CC(C1(C(C)(C)C(=O)NO)C=CC=N1)S(=O)(=O)c1ccc(-c2ccc(F)cc2)cc1. The van der Waals surface area contributed by atoms with Gasteiger partial charge in [-0.2, -0.15) is 0 Å². The Morgan fingerprint density at radius 3 is 2.17 bits per heavy atom. The number of hydroxylamine groups is 1. The molecule has 0 aliphatic carbocycles. The summed E-state index contributed by atoms with van der Waals surface area (Å²) in [5.74, 6) is -2.02. The van der Waals surface area contributed by atoms with Crippen molar-refractivity contribution in [3.63, 3.8) is 0 Å². The number of esters is 1. The zero-order chi connectivity index (χ0) is 25.9. The number of hydrogen-bond donors (Lipinski definition) is 2. The third-order valence-corrected chi connectivity index (χ3v) is 8.48. The number of aliphatic imine (C=N–C) groups is 1. The maximum atomic E-state index is 14.0. The van der Waals surface area contributed by atoms with Gasteiger partial charge in [-0.05, 0) is 62.2 Å². The van der Waals surface area contributed by atoms with Crippen LogP contribution in [0.1, 0.15) is 27.2 Å². The molecule has 0 radical (unpaired) electrons. The van der Waals surface area contributed by atoms with E-state index >= 15 is 0 Å². The van der Waals surface area contributed by atoms with Gasteiger partial charge in [0.15, 0.2) is 9.84 Å². The standard InChI is InChI=1S/C25H27FN2O6S/c1-4-34-22(29)16-21(25(14-5-15-27-25)24(2,3)23(30)28-31)35(32,33)20-12-8-18(9-13-20)17-6-10-19(26)11-7-17/h5-15,21,31H,4,16H2,1-3H3,(H,28,30). The summed E-state index contributed by atoms with van der Waals surface area (Å²) < 4.78 is 46.2. The molecule has 0 aromatic heterocycles. The van der Waals surface area contributed by atoms with E-state index in [-0.39, 0.29) is 17.3 Å². The molecule has 2 aromatic rings. The molecule has 10 heteroatoms. The van der Waals surface area contributed by atoms with Crippen LogP contribution in [0.2, 0.25) is 0 Å². The number of carbonyl (C=O) groups is 2. The molecule has 186 valence electrons. The highest BCUT2D eigenvalue weighted by molar-refractivity contribution is 7.92. The molecule has 1 aliphatic rings. The van der Waals surface area contributed by atoms with E-state index in [2.05, 4.69) is 4.99 Å². The van der Waals surface area contributed by atoms with Gasteiger partial charge in [0.1, 0.15) is 16.6 Å². The van der Waals surface area contributed by atoms with E-state index in [1.807, 2.05) is 0 Å². The number of ether oxygens (including phenoxy) is 1. The number of nitrogens with zero attached hydrogens (tertiary/aromatic N) is 1. The monoisotopic (exact) mass is 502 g/mol. The summed E-state index contributed by atoms with van der Waals surface area (Å²) in [6, 6.07) is 11.7. The fourth-order valence-corrected chi connectivity index (χ4v) is 6.31. The zero-order valence-corrected chi connectivity index (χ0v) is 20.4. The molecule has 0 spiro atoms. The number of rotatable bonds is 9. The van der Waals surface area contributed by atoms with Crippen molar-refractivity contribution < 1.29 is 32.3 Å². The Bertz CT molecular complexity index is 1240. The molecule has 1 amide bonds. The number of nitrogens with one attached hydrogen (secondary N) is 1. The van der Waals surface area contributed by atoms with Gasteiger partial charge in [0.2, 0.25) is 0 Å². The first-order valence-corrected chi connectivity index (χ1v) is 12.5. The Hall–Kier alpha value is -3.37. The molecule has 8 nitrogen and oxygen atoms in total. The van der Waals surface area contributed by atoms with Gasteiger partial charge in [0, 0.05) is 6.21 Å². The largest absolute Gasteiger partial charge is 0.466 e. The molecule has 1 aliphatic heterocycles. The summed E-state index contributed by atoms with van der Waals surface area (Å²) in [7, 11) is -4.27. The van der Waals surface area contributed by atoms with Crippen LogP contribution >= 0.6 is 0 Å². The first-order chi connectivity index (χ1) is 16.5. The van der Waals surface area contributed by atoms with E-state index in [9.17, 15) is 27.6 Å². The summed E-state index contributed by atoms with van der Waals surface area (Å²) in [4.78, 5) is 29.4. The highest BCUT2D eigenvalue weighted by atomic mass is 32.2. The smallest absolute Gasteiger partial charge is 0.307 e. The molecule has 0 fully saturated rings. The summed E-state index contributed by atoms with van der Waals surface area (Å²) in [6.45, 7) is 4.53. The lowest BCUT2D eigenvalue weighted by molar-refractivity contribution is -0.145. The van der Waals surface area contributed by atoms with Crippen LogP contribution < -0.4 is 5.48 Å². The zero-order valence-electron chi connectivity index (χ0n) is 19.6. The van der Waals surface area contributed by atoms with Crippen LogP contribution in [0.15, 0.2) is 70.6 Å². The molecular formula is C25H27FN2O6S. The Kier molecular flexibility index (Phi) is 7.56. The third kappa shape index (κ3) is 4.89. The average Bonchev–Trinajstić information content (AvgIpc) is 3.34. The number of sulfone groups is 1. The number of benzene rings is 2. The number of halogens is 1. The third-order valence-electron chi connectivity index (χ3n) is 6.28. The van der Waals surface area contributed by atoms with Crippen LogP contribution in [0.25, 0.3) is 11.1 Å². The van der Waals surface area contributed by atoms with E-state index in [0.717, 1.165) is 0 Å². The van der Waals surface area contributed by atoms with Gasteiger partial charge in [-0.25, -0.2) is 18.3 Å². The number of allylic oxidation sites excluding steroid dienone is 1. The van der Waals surface area contributed by atoms with Crippen LogP contribution in [-0.2, 0) is 24.2 Å². The quantitative estimate of drug-likeness (QED) is 0.307. The lowest BCUT2D eigenvalue weighted by Crippen LogP contribution is -2.59. The molecule has 3 rings (SSSR count). The van der Waals surface area contributed by atoms with Crippen molar-refractivity contribution in [3.05, 3.63) is 66.5 Å². The molecule has 2 N–H and O–H groups in total. The topological polar surface area (TPSA) is 122 Å². The van der Waals surface area contributed by atoms with Crippen molar-refractivity contribution in [2.75, 3.05) is 6.61 Å². The average molecular weight is 503 g/mol. The van der Waals surface area contributed by atoms with Crippen molar-refractivity contribution in [1.82, 2.24) is 5.48 Å². The van der Waals surface area contributed by atoms with Crippen LogP contribution in [0.3, 0.4) is 0 Å². The minimum Gasteiger partial charge on any atom is -0.466 e. The van der Waals surface area contributed by atoms with E-state index in [1.54, 1.807) is 36.7 Å². The van der Waals surface area contributed by atoms with Crippen molar-refractivity contribution >= 4 is 27.9 Å². The number of amides is 1. The van der Waals surface area contributed by atoms with Gasteiger partial charge in [-0.3, -0.25) is 19.8 Å². The summed E-state index contributed by atoms with van der Waals surface area (Å²) in [5, 5.41) is 7.81. The van der Waals surface area contributed by atoms with Gasteiger partial charge in [0.05, 0.1) is 23.3 Å². The molecule has 35 heavy (non-hydrogen) atoms. The lowest BCUT2D eigenvalue weighted by atomic mass is 9.69. The van der Waals surface area contributed by atoms with Gasteiger partial charge in [-0.15, -0.1) is 0 Å². The van der Waals surface area contributed by atoms with Crippen LogP contribution in [0.5, 0.6) is 0 Å². The second-order valence-electron chi connectivity index (χ2n) is 8.60. The van der Waals surface area contributed by atoms with E-state index < -0.39 is 44.3 Å². The van der Waals surface area contributed by atoms with Crippen LogP contribution in [0, 0.1) is 11.2 Å². The molecule has 0 saturated carbocycles. The van der Waals surface area contributed by atoms with Gasteiger partial charge < -0.3 is 4.74 Å². The summed E-state index contributed by atoms with van der Waals surface area (Å²) in [5.41, 5.74) is -0.337. The second kappa shape index (κ2) is 10.1. The van der Waals surface area contributed by atoms with E-state index in [0.29, 0.717) is 11.1 Å². The Morgan fingerprint density at radius 1 is 1.11 bits per heavy atom. The van der Waals surface area contributed by atoms with Crippen molar-refractivity contribution in [1.29, 1.82) is 0 Å². The first-order valence-electron chi connectivity index (χ1n) is 10.9. The summed E-state index contributed by atoms with van der Waals surface area (Å²) >= 11 is 0. The molecule has 1 heterocycles. The normalized spacial score (nSPS) is 18.3. The van der Waals surface area contributed by atoms with Crippen molar-refractivity contribution in [3.8, 4) is 11.1 Å². The molecule has 2 aromatic carbocycles. The summed E-state index contributed by atoms with van der Waals surface area (Å²) in [6.07, 6.45) is 3.74. The fraction of sp³-hybridized carbons (Fsp3) is 0.320.